The van der Waals surface area contributed by atoms with Gasteiger partial charge in [-0.25, -0.2) is 4.79 Å². The Balaban J connectivity index is 2.32. The molecular weight excluding hydrogens is 306 g/mol. The van der Waals surface area contributed by atoms with Crippen molar-refractivity contribution in [1.29, 1.82) is 0 Å². The Bertz CT molecular complexity index is 894. The molecule has 0 saturated carbocycles. The van der Waals surface area contributed by atoms with Gasteiger partial charge >= 0.3 is 5.97 Å². The van der Waals surface area contributed by atoms with Gasteiger partial charge in [-0.3, -0.25) is 4.79 Å². The van der Waals surface area contributed by atoms with Crippen molar-refractivity contribution >= 4 is 17.8 Å². The summed E-state index contributed by atoms with van der Waals surface area (Å²) < 4.78 is 12.1. The van der Waals surface area contributed by atoms with Crippen LogP contribution in [0.2, 0.25) is 0 Å². The van der Waals surface area contributed by atoms with Crippen LogP contribution in [-0.2, 0) is 4.74 Å². The molecule has 1 aromatic carbocycles. The molecule has 0 radical (unpaired) electrons. The molecule has 0 aliphatic rings. The maximum Gasteiger partial charge on any atom is 0.340 e. The van der Waals surface area contributed by atoms with Gasteiger partial charge in [0.25, 0.3) is 0 Å². The van der Waals surface area contributed by atoms with Crippen LogP contribution in [-0.4, -0.2) is 30.4 Å². The molecule has 0 saturated heterocycles. The van der Waals surface area contributed by atoms with Gasteiger partial charge in [0.1, 0.15) is 5.75 Å². The largest absolute Gasteiger partial charge is 0.497 e. The summed E-state index contributed by atoms with van der Waals surface area (Å²) in [6, 6.07) is 12.7. The molecule has 0 spiro atoms. The van der Waals surface area contributed by atoms with Crippen LogP contribution in [0.25, 0.3) is 16.6 Å². The number of benzene rings is 1. The predicted octanol–water partition coefficient (Wildman–Crippen LogP) is 3.60. The van der Waals surface area contributed by atoms with E-state index in [1.54, 1.807) is 42.8 Å². The summed E-state index contributed by atoms with van der Waals surface area (Å²) in [5, 5.41) is 0. The van der Waals surface area contributed by atoms with E-state index < -0.39 is 5.97 Å². The van der Waals surface area contributed by atoms with E-state index in [4.69, 9.17) is 9.47 Å². The summed E-state index contributed by atoms with van der Waals surface area (Å²) in [7, 11) is 1.59. The summed E-state index contributed by atoms with van der Waals surface area (Å²) in [5.74, 6) is 0.257. The monoisotopic (exact) mass is 323 g/mol. The summed E-state index contributed by atoms with van der Waals surface area (Å²) >= 11 is 0. The molecule has 5 nitrogen and oxygen atoms in total. The first-order valence-electron chi connectivity index (χ1n) is 7.61. The van der Waals surface area contributed by atoms with E-state index in [1.807, 2.05) is 24.3 Å². The van der Waals surface area contributed by atoms with Gasteiger partial charge in [-0.1, -0.05) is 18.2 Å². The van der Waals surface area contributed by atoms with E-state index in [1.165, 1.54) is 0 Å². The second-order valence-corrected chi connectivity index (χ2v) is 5.16. The van der Waals surface area contributed by atoms with Crippen molar-refractivity contribution < 1.29 is 19.1 Å². The SMILES string of the molecule is CCOC(=O)c1c(-c2ccc(OC)cc2)c(C=O)n2ccccc12. The van der Waals surface area contributed by atoms with Crippen LogP contribution in [0.1, 0.15) is 27.8 Å². The Morgan fingerprint density at radius 3 is 2.54 bits per heavy atom. The zero-order chi connectivity index (χ0) is 17.1. The third kappa shape index (κ3) is 2.54. The van der Waals surface area contributed by atoms with Gasteiger partial charge < -0.3 is 13.9 Å². The summed E-state index contributed by atoms with van der Waals surface area (Å²) in [4.78, 5) is 24.3. The highest BCUT2D eigenvalue weighted by molar-refractivity contribution is 6.09. The van der Waals surface area contributed by atoms with E-state index in [-0.39, 0.29) is 6.61 Å². The Morgan fingerprint density at radius 2 is 1.92 bits per heavy atom. The second-order valence-electron chi connectivity index (χ2n) is 5.16. The number of pyridine rings is 1. The molecule has 24 heavy (non-hydrogen) atoms. The Labute approximate surface area is 139 Å². The van der Waals surface area contributed by atoms with Gasteiger partial charge in [-0.05, 0) is 36.8 Å². The Hall–Kier alpha value is -3.08. The molecule has 0 fully saturated rings. The lowest BCUT2D eigenvalue weighted by atomic mass is 10.0. The normalized spacial score (nSPS) is 10.6. The molecule has 0 N–H and O–H groups in total. The lowest BCUT2D eigenvalue weighted by molar-refractivity contribution is 0.0529. The quantitative estimate of drug-likeness (QED) is 0.532. The minimum absolute atomic E-state index is 0.265. The smallest absolute Gasteiger partial charge is 0.340 e. The van der Waals surface area contributed by atoms with Crippen molar-refractivity contribution in [3.8, 4) is 16.9 Å². The van der Waals surface area contributed by atoms with Crippen LogP contribution in [0.15, 0.2) is 48.7 Å². The Morgan fingerprint density at radius 1 is 1.17 bits per heavy atom. The summed E-state index contributed by atoms with van der Waals surface area (Å²) in [6.45, 7) is 2.02. The van der Waals surface area contributed by atoms with Gasteiger partial charge in [0.05, 0.1) is 30.5 Å². The van der Waals surface area contributed by atoms with Gasteiger partial charge in [0.2, 0.25) is 0 Å². The summed E-state index contributed by atoms with van der Waals surface area (Å²) in [5.41, 5.74) is 2.77. The number of nitrogens with zero attached hydrogens (tertiary/aromatic N) is 1. The van der Waals surface area contributed by atoms with Crippen LogP contribution in [0.3, 0.4) is 0 Å². The van der Waals surface area contributed by atoms with Crippen LogP contribution < -0.4 is 4.74 Å². The molecule has 5 heteroatoms. The van der Waals surface area contributed by atoms with E-state index in [0.29, 0.717) is 28.1 Å². The first-order chi connectivity index (χ1) is 11.7. The fourth-order valence-electron chi connectivity index (χ4n) is 2.81. The fourth-order valence-corrected chi connectivity index (χ4v) is 2.81. The molecule has 3 aromatic rings. The molecule has 0 aliphatic heterocycles. The number of hydrogen-bond donors (Lipinski definition) is 0. The molecule has 122 valence electrons. The van der Waals surface area contributed by atoms with Crippen molar-refractivity contribution in [1.82, 2.24) is 4.40 Å². The van der Waals surface area contributed by atoms with Crippen molar-refractivity contribution in [2.24, 2.45) is 0 Å². The molecule has 0 amide bonds. The van der Waals surface area contributed by atoms with Gasteiger partial charge in [0, 0.05) is 11.8 Å². The van der Waals surface area contributed by atoms with Crippen molar-refractivity contribution in [3.05, 3.63) is 59.9 Å². The number of aromatic nitrogens is 1. The van der Waals surface area contributed by atoms with Gasteiger partial charge in [-0.2, -0.15) is 0 Å². The topological polar surface area (TPSA) is 57.0 Å². The number of hydrogen-bond acceptors (Lipinski definition) is 4. The molecular formula is C19H17NO4. The average Bonchev–Trinajstić information content (AvgIpc) is 2.96. The number of aldehydes is 1. The van der Waals surface area contributed by atoms with Crippen LogP contribution in [0.4, 0.5) is 0 Å². The first kappa shape index (κ1) is 15.8. The number of carbonyl (C=O) groups excluding carboxylic acids is 2. The molecule has 0 bridgehead atoms. The number of carbonyl (C=O) groups is 2. The van der Waals surface area contributed by atoms with E-state index in [0.717, 1.165) is 11.8 Å². The molecule has 0 unspecified atom stereocenters. The number of esters is 1. The van der Waals surface area contributed by atoms with Crippen molar-refractivity contribution in [2.45, 2.75) is 6.92 Å². The van der Waals surface area contributed by atoms with Crippen molar-refractivity contribution in [3.63, 3.8) is 0 Å². The zero-order valence-corrected chi connectivity index (χ0v) is 13.5. The number of methoxy groups -OCH3 is 1. The zero-order valence-electron chi connectivity index (χ0n) is 13.5. The first-order valence-corrected chi connectivity index (χ1v) is 7.61. The summed E-state index contributed by atoms with van der Waals surface area (Å²) in [6.07, 6.45) is 2.52. The maximum absolute atomic E-state index is 12.5. The molecule has 2 heterocycles. The average molecular weight is 323 g/mol. The van der Waals surface area contributed by atoms with Gasteiger partial charge in [0.15, 0.2) is 6.29 Å². The van der Waals surface area contributed by atoms with Crippen LogP contribution in [0, 0.1) is 0 Å². The third-order valence-electron chi connectivity index (χ3n) is 3.85. The molecule has 2 aromatic heterocycles. The fraction of sp³-hybridized carbons (Fsp3) is 0.158. The second kappa shape index (κ2) is 6.58. The minimum atomic E-state index is -0.444. The van der Waals surface area contributed by atoms with Gasteiger partial charge in [-0.15, -0.1) is 0 Å². The highest BCUT2D eigenvalue weighted by Gasteiger charge is 2.25. The highest BCUT2D eigenvalue weighted by Crippen LogP contribution is 2.34. The lowest BCUT2D eigenvalue weighted by Gasteiger charge is -2.07. The predicted molar refractivity (Wildman–Crippen MR) is 90.7 cm³/mol. The third-order valence-corrected chi connectivity index (χ3v) is 3.85. The number of rotatable bonds is 5. The molecule has 0 aliphatic carbocycles. The standard InChI is InChI=1S/C19H17NO4/c1-3-24-19(22)18-15-6-4-5-11-20(15)16(12-21)17(18)13-7-9-14(23-2)10-8-13/h4-12H,3H2,1-2H3. The minimum Gasteiger partial charge on any atom is -0.497 e. The maximum atomic E-state index is 12.5. The number of fused-ring (bicyclic) bond motifs is 1. The van der Waals surface area contributed by atoms with Crippen LogP contribution >= 0.6 is 0 Å². The highest BCUT2D eigenvalue weighted by atomic mass is 16.5. The Kier molecular flexibility index (Phi) is 4.33. The lowest BCUT2D eigenvalue weighted by Crippen LogP contribution is -2.05. The van der Waals surface area contributed by atoms with Crippen molar-refractivity contribution in [2.75, 3.05) is 13.7 Å². The van der Waals surface area contributed by atoms with E-state index in [2.05, 4.69) is 0 Å². The van der Waals surface area contributed by atoms with Crippen LogP contribution in [0.5, 0.6) is 5.75 Å². The molecule has 0 atom stereocenters. The van der Waals surface area contributed by atoms with E-state index >= 15 is 0 Å². The number of ether oxygens (including phenoxy) is 2. The molecule has 3 rings (SSSR count). The van der Waals surface area contributed by atoms with E-state index in [9.17, 15) is 9.59 Å².